The van der Waals surface area contributed by atoms with E-state index >= 15 is 0 Å². The summed E-state index contributed by atoms with van der Waals surface area (Å²) in [6, 6.07) is 21.8. The van der Waals surface area contributed by atoms with Gasteiger partial charge >= 0.3 is 0 Å². The SMILES string of the molecule is CCN(C(=O)c1ccc2c(c1)C(=O)N(Cc1ccco1)C2=O)c1cccc2ccccc12. The second-order valence-corrected chi connectivity index (χ2v) is 7.58. The highest BCUT2D eigenvalue weighted by Gasteiger charge is 2.36. The first-order valence-corrected chi connectivity index (χ1v) is 10.4. The summed E-state index contributed by atoms with van der Waals surface area (Å²) in [4.78, 5) is 41.9. The van der Waals surface area contributed by atoms with Gasteiger partial charge in [-0.1, -0.05) is 36.4 Å². The van der Waals surface area contributed by atoms with Crippen LogP contribution in [-0.2, 0) is 6.54 Å². The van der Waals surface area contributed by atoms with Crippen molar-refractivity contribution < 1.29 is 18.8 Å². The molecule has 6 heteroatoms. The molecule has 0 unspecified atom stereocenters. The zero-order chi connectivity index (χ0) is 22.2. The predicted molar refractivity (Wildman–Crippen MR) is 121 cm³/mol. The second kappa shape index (κ2) is 7.81. The van der Waals surface area contributed by atoms with E-state index in [2.05, 4.69) is 0 Å². The Morgan fingerprint density at radius 3 is 2.47 bits per heavy atom. The van der Waals surface area contributed by atoms with E-state index in [-0.39, 0.29) is 23.9 Å². The lowest BCUT2D eigenvalue weighted by molar-refractivity contribution is 0.0631. The number of nitrogens with zero attached hydrogens (tertiary/aromatic N) is 2. The first kappa shape index (κ1) is 19.8. The third-order valence-electron chi connectivity index (χ3n) is 5.73. The molecule has 0 radical (unpaired) electrons. The summed E-state index contributed by atoms with van der Waals surface area (Å²) in [5.74, 6) is -0.522. The van der Waals surface area contributed by atoms with Crippen molar-refractivity contribution in [2.45, 2.75) is 13.5 Å². The fourth-order valence-corrected chi connectivity index (χ4v) is 4.15. The van der Waals surface area contributed by atoms with Crippen LogP contribution in [0.1, 0.15) is 43.8 Å². The van der Waals surface area contributed by atoms with Crippen molar-refractivity contribution >= 4 is 34.2 Å². The Hall–Kier alpha value is -4.19. The third-order valence-corrected chi connectivity index (χ3v) is 5.73. The molecule has 0 spiro atoms. The van der Waals surface area contributed by atoms with E-state index in [1.807, 2.05) is 49.4 Å². The fourth-order valence-electron chi connectivity index (χ4n) is 4.15. The van der Waals surface area contributed by atoms with Crippen LogP contribution >= 0.6 is 0 Å². The Kier molecular flexibility index (Phi) is 4.82. The number of hydrogen-bond acceptors (Lipinski definition) is 4. The number of anilines is 1. The Bertz CT molecular complexity index is 1350. The van der Waals surface area contributed by atoms with Crippen LogP contribution in [-0.4, -0.2) is 29.2 Å². The van der Waals surface area contributed by atoms with Crippen LogP contribution in [0.15, 0.2) is 83.5 Å². The highest BCUT2D eigenvalue weighted by molar-refractivity contribution is 6.22. The van der Waals surface area contributed by atoms with Gasteiger partial charge in [-0.25, -0.2) is 0 Å². The van der Waals surface area contributed by atoms with Crippen LogP contribution in [0.4, 0.5) is 5.69 Å². The molecule has 0 N–H and O–H groups in total. The Morgan fingerprint density at radius 1 is 0.906 bits per heavy atom. The van der Waals surface area contributed by atoms with E-state index in [9.17, 15) is 14.4 Å². The average Bonchev–Trinajstić information content (AvgIpc) is 3.42. The third kappa shape index (κ3) is 3.17. The molecule has 4 aromatic rings. The van der Waals surface area contributed by atoms with E-state index in [4.69, 9.17) is 4.42 Å². The molecule has 0 saturated heterocycles. The monoisotopic (exact) mass is 424 g/mol. The van der Waals surface area contributed by atoms with Gasteiger partial charge in [-0.2, -0.15) is 0 Å². The predicted octanol–water partition coefficient (Wildman–Crippen LogP) is 4.90. The first-order valence-electron chi connectivity index (χ1n) is 10.4. The summed E-state index contributed by atoms with van der Waals surface area (Å²) in [7, 11) is 0. The van der Waals surface area contributed by atoms with Gasteiger partial charge in [-0.15, -0.1) is 0 Å². The first-order chi connectivity index (χ1) is 15.6. The Morgan fingerprint density at radius 2 is 1.69 bits per heavy atom. The molecular formula is C26H20N2O4. The average molecular weight is 424 g/mol. The van der Waals surface area contributed by atoms with Crippen LogP contribution in [0.25, 0.3) is 10.8 Å². The van der Waals surface area contributed by atoms with E-state index < -0.39 is 5.91 Å². The molecule has 6 nitrogen and oxygen atoms in total. The largest absolute Gasteiger partial charge is 0.467 e. The van der Waals surface area contributed by atoms with Crippen molar-refractivity contribution in [2.75, 3.05) is 11.4 Å². The number of carbonyl (C=O) groups is 3. The van der Waals surface area contributed by atoms with Gasteiger partial charge in [-0.3, -0.25) is 19.3 Å². The summed E-state index contributed by atoms with van der Waals surface area (Å²) in [6.45, 7) is 2.42. The molecular weight excluding hydrogens is 404 g/mol. The van der Waals surface area contributed by atoms with Crippen LogP contribution in [0, 0.1) is 0 Å². The molecule has 0 saturated carbocycles. The van der Waals surface area contributed by atoms with Gasteiger partial charge in [0.2, 0.25) is 0 Å². The molecule has 0 aliphatic carbocycles. The highest BCUT2D eigenvalue weighted by atomic mass is 16.3. The fraction of sp³-hybridized carbons (Fsp3) is 0.115. The standard InChI is InChI=1S/C26H20N2O4/c1-2-27(23-11-5-8-17-7-3-4-10-20(17)23)24(29)18-12-13-21-22(15-18)26(31)28(25(21)30)16-19-9-6-14-32-19/h3-15H,2,16H2,1H3. The lowest BCUT2D eigenvalue weighted by Crippen LogP contribution is -2.31. The molecule has 0 fully saturated rings. The summed E-state index contributed by atoms with van der Waals surface area (Å²) >= 11 is 0. The molecule has 0 atom stereocenters. The van der Waals surface area contributed by atoms with Crippen molar-refractivity contribution in [3.63, 3.8) is 0 Å². The van der Waals surface area contributed by atoms with Gasteiger partial charge < -0.3 is 9.32 Å². The number of fused-ring (bicyclic) bond motifs is 2. The molecule has 0 bridgehead atoms. The van der Waals surface area contributed by atoms with Crippen molar-refractivity contribution in [2.24, 2.45) is 0 Å². The molecule has 3 amide bonds. The van der Waals surface area contributed by atoms with Crippen molar-refractivity contribution in [1.82, 2.24) is 4.90 Å². The molecule has 158 valence electrons. The Balaban J connectivity index is 1.49. The molecule has 1 aliphatic heterocycles. The number of furan rings is 1. The Labute approximate surface area is 184 Å². The van der Waals surface area contributed by atoms with Gasteiger partial charge in [0, 0.05) is 17.5 Å². The van der Waals surface area contributed by atoms with Crippen molar-refractivity contribution in [3.05, 3.63) is 102 Å². The van der Waals surface area contributed by atoms with Crippen molar-refractivity contribution in [3.8, 4) is 0 Å². The quantitative estimate of drug-likeness (QED) is 0.428. The normalized spacial score (nSPS) is 13.0. The summed E-state index contributed by atoms with van der Waals surface area (Å²) < 4.78 is 5.28. The molecule has 5 rings (SSSR count). The number of rotatable bonds is 5. The van der Waals surface area contributed by atoms with E-state index in [0.29, 0.717) is 23.4 Å². The summed E-state index contributed by atoms with van der Waals surface area (Å²) in [5, 5.41) is 2.02. The number of amides is 3. The zero-order valence-electron chi connectivity index (χ0n) is 17.4. The lowest BCUT2D eigenvalue weighted by atomic mass is 10.0. The maximum Gasteiger partial charge on any atom is 0.261 e. The van der Waals surface area contributed by atoms with Gasteiger partial charge in [-0.05, 0) is 48.7 Å². The highest BCUT2D eigenvalue weighted by Crippen LogP contribution is 2.30. The molecule has 1 aromatic heterocycles. The van der Waals surface area contributed by atoms with E-state index in [1.165, 1.54) is 12.3 Å². The molecule has 1 aliphatic rings. The topological polar surface area (TPSA) is 70.8 Å². The number of benzene rings is 3. The minimum absolute atomic E-state index is 0.0553. The minimum Gasteiger partial charge on any atom is -0.467 e. The maximum absolute atomic E-state index is 13.4. The smallest absolute Gasteiger partial charge is 0.261 e. The van der Waals surface area contributed by atoms with Gasteiger partial charge in [0.05, 0.1) is 29.6 Å². The molecule has 3 aromatic carbocycles. The van der Waals surface area contributed by atoms with Gasteiger partial charge in [0.15, 0.2) is 0 Å². The van der Waals surface area contributed by atoms with E-state index in [0.717, 1.165) is 21.4 Å². The minimum atomic E-state index is -0.427. The summed E-state index contributed by atoms with van der Waals surface area (Å²) in [6.07, 6.45) is 1.50. The molecule has 32 heavy (non-hydrogen) atoms. The lowest BCUT2D eigenvalue weighted by Gasteiger charge is -2.23. The van der Waals surface area contributed by atoms with Crippen LogP contribution < -0.4 is 4.90 Å². The van der Waals surface area contributed by atoms with E-state index in [1.54, 1.807) is 29.2 Å². The van der Waals surface area contributed by atoms with Crippen molar-refractivity contribution in [1.29, 1.82) is 0 Å². The second-order valence-electron chi connectivity index (χ2n) is 7.58. The van der Waals surface area contributed by atoms with Crippen LogP contribution in [0.2, 0.25) is 0 Å². The summed E-state index contributed by atoms with van der Waals surface area (Å²) in [5.41, 5.74) is 1.70. The zero-order valence-corrected chi connectivity index (χ0v) is 17.4. The van der Waals surface area contributed by atoms with Gasteiger partial charge in [0.1, 0.15) is 5.76 Å². The number of hydrogen-bond donors (Lipinski definition) is 0. The molecule has 2 heterocycles. The maximum atomic E-state index is 13.4. The van der Waals surface area contributed by atoms with Gasteiger partial charge in [0.25, 0.3) is 17.7 Å². The number of carbonyl (C=O) groups excluding carboxylic acids is 3. The van der Waals surface area contributed by atoms with Crippen LogP contribution in [0.5, 0.6) is 0 Å². The number of imide groups is 1. The van der Waals surface area contributed by atoms with Crippen LogP contribution in [0.3, 0.4) is 0 Å².